The van der Waals surface area contributed by atoms with E-state index < -0.39 is 0 Å². The molecular formula is C14H23NO. The van der Waals surface area contributed by atoms with Gasteiger partial charge in [-0.2, -0.15) is 0 Å². The maximum Gasteiger partial charge on any atom is 0.0594 e. The van der Waals surface area contributed by atoms with Crippen molar-refractivity contribution in [3.8, 4) is 0 Å². The Balaban J connectivity index is 2.29. The predicted molar refractivity (Wildman–Crippen MR) is 68.7 cm³/mol. The van der Waals surface area contributed by atoms with Gasteiger partial charge in [-0.3, -0.25) is 0 Å². The number of aryl methyl sites for hydroxylation is 1. The molecule has 0 saturated carbocycles. The number of ether oxygens (including phenoxy) is 1. The Morgan fingerprint density at radius 2 is 1.75 bits per heavy atom. The Bertz CT molecular complexity index is 292. The number of nitrogens with one attached hydrogen (secondary N) is 1. The maximum atomic E-state index is 5.48. The van der Waals surface area contributed by atoms with Gasteiger partial charge >= 0.3 is 0 Å². The van der Waals surface area contributed by atoms with E-state index in [4.69, 9.17) is 4.74 Å². The highest BCUT2D eigenvalue weighted by atomic mass is 16.5. The van der Waals surface area contributed by atoms with Crippen LogP contribution in [0.1, 0.15) is 37.9 Å². The molecular weight excluding hydrogens is 198 g/mol. The molecule has 0 aliphatic carbocycles. The first-order valence-corrected chi connectivity index (χ1v) is 6.01. The summed E-state index contributed by atoms with van der Waals surface area (Å²) in [6.07, 6.45) is 0.316. The van der Waals surface area contributed by atoms with Crippen LogP contribution in [0.25, 0.3) is 0 Å². The summed E-state index contributed by atoms with van der Waals surface area (Å²) in [4.78, 5) is 0. The molecule has 2 heteroatoms. The Morgan fingerprint density at radius 3 is 2.31 bits per heavy atom. The zero-order chi connectivity index (χ0) is 12.0. The number of hydrogen-bond acceptors (Lipinski definition) is 2. The van der Waals surface area contributed by atoms with E-state index in [9.17, 15) is 0 Å². The van der Waals surface area contributed by atoms with Gasteiger partial charge in [-0.1, -0.05) is 29.8 Å². The quantitative estimate of drug-likeness (QED) is 0.745. The lowest BCUT2D eigenvalue weighted by Crippen LogP contribution is -2.24. The summed E-state index contributed by atoms with van der Waals surface area (Å²) in [5, 5.41) is 3.45. The molecule has 16 heavy (non-hydrogen) atoms. The minimum atomic E-state index is 0.316. The van der Waals surface area contributed by atoms with Crippen molar-refractivity contribution in [2.24, 2.45) is 0 Å². The van der Waals surface area contributed by atoms with Crippen LogP contribution >= 0.6 is 0 Å². The lowest BCUT2D eigenvalue weighted by atomic mass is 10.1. The molecule has 1 aromatic carbocycles. The van der Waals surface area contributed by atoms with Crippen molar-refractivity contribution < 1.29 is 4.74 Å². The standard InChI is InChI=1S/C14H23NO/c1-11(2)16-10-9-15-13(4)14-7-5-12(3)6-8-14/h5-8,11,13,15H,9-10H2,1-4H3/t13-/m1/s1. The Hall–Kier alpha value is -0.860. The van der Waals surface area contributed by atoms with Crippen molar-refractivity contribution in [2.45, 2.75) is 39.8 Å². The molecule has 0 amide bonds. The van der Waals surface area contributed by atoms with Gasteiger partial charge in [-0.25, -0.2) is 0 Å². The topological polar surface area (TPSA) is 21.3 Å². The summed E-state index contributed by atoms with van der Waals surface area (Å²) in [5.74, 6) is 0. The molecule has 1 N–H and O–H groups in total. The second kappa shape index (κ2) is 6.66. The van der Waals surface area contributed by atoms with Crippen LogP contribution in [0.2, 0.25) is 0 Å². The van der Waals surface area contributed by atoms with E-state index in [1.165, 1.54) is 11.1 Å². The van der Waals surface area contributed by atoms with Gasteiger partial charge in [0.15, 0.2) is 0 Å². The molecule has 0 aromatic heterocycles. The SMILES string of the molecule is Cc1ccc([C@@H](C)NCCOC(C)C)cc1. The normalized spacial score (nSPS) is 13.1. The monoisotopic (exact) mass is 221 g/mol. The Morgan fingerprint density at radius 1 is 1.12 bits per heavy atom. The average molecular weight is 221 g/mol. The van der Waals surface area contributed by atoms with Crippen molar-refractivity contribution >= 4 is 0 Å². The van der Waals surface area contributed by atoms with Crippen LogP contribution in [0.5, 0.6) is 0 Å². The summed E-state index contributed by atoms with van der Waals surface area (Å²) >= 11 is 0. The lowest BCUT2D eigenvalue weighted by Gasteiger charge is -2.15. The van der Waals surface area contributed by atoms with Crippen molar-refractivity contribution in [3.05, 3.63) is 35.4 Å². The van der Waals surface area contributed by atoms with E-state index in [-0.39, 0.29) is 0 Å². The van der Waals surface area contributed by atoms with Crippen LogP contribution in [0.15, 0.2) is 24.3 Å². The molecule has 1 aromatic rings. The van der Waals surface area contributed by atoms with Crippen molar-refractivity contribution in [2.75, 3.05) is 13.2 Å². The first-order valence-electron chi connectivity index (χ1n) is 6.01. The van der Waals surface area contributed by atoms with E-state index in [0.29, 0.717) is 12.1 Å². The Kier molecular flexibility index (Phi) is 5.50. The number of rotatable bonds is 6. The number of hydrogen-bond donors (Lipinski definition) is 1. The molecule has 0 unspecified atom stereocenters. The first kappa shape index (κ1) is 13.2. The summed E-state index contributed by atoms with van der Waals surface area (Å²) in [7, 11) is 0. The van der Waals surface area contributed by atoms with Crippen LogP contribution in [0.3, 0.4) is 0 Å². The third-order valence-electron chi connectivity index (χ3n) is 2.58. The zero-order valence-electron chi connectivity index (χ0n) is 10.8. The van der Waals surface area contributed by atoms with Gasteiger partial charge in [0.1, 0.15) is 0 Å². The highest BCUT2D eigenvalue weighted by Crippen LogP contribution is 2.12. The van der Waals surface area contributed by atoms with E-state index >= 15 is 0 Å². The average Bonchev–Trinajstić information content (AvgIpc) is 2.25. The molecule has 0 aliphatic heterocycles. The summed E-state index contributed by atoms with van der Waals surface area (Å²) in [6, 6.07) is 9.04. The second-order valence-corrected chi connectivity index (χ2v) is 4.51. The molecule has 0 aliphatic rings. The third kappa shape index (κ3) is 4.77. The fraction of sp³-hybridized carbons (Fsp3) is 0.571. The molecule has 1 atom stereocenters. The van der Waals surface area contributed by atoms with Crippen molar-refractivity contribution in [1.29, 1.82) is 0 Å². The van der Waals surface area contributed by atoms with Crippen molar-refractivity contribution in [3.63, 3.8) is 0 Å². The maximum absolute atomic E-state index is 5.48. The van der Waals surface area contributed by atoms with Crippen molar-refractivity contribution in [1.82, 2.24) is 5.32 Å². The Labute approximate surface area is 99.0 Å². The molecule has 2 nitrogen and oxygen atoms in total. The van der Waals surface area contributed by atoms with Crippen LogP contribution in [0, 0.1) is 6.92 Å². The summed E-state index contributed by atoms with van der Waals surface area (Å²) < 4.78 is 5.48. The van der Waals surface area contributed by atoms with Gasteiger partial charge in [0.2, 0.25) is 0 Å². The zero-order valence-corrected chi connectivity index (χ0v) is 10.8. The van der Waals surface area contributed by atoms with E-state index in [2.05, 4.69) is 57.3 Å². The fourth-order valence-electron chi connectivity index (χ4n) is 1.54. The smallest absolute Gasteiger partial charge is 0.0594 e. The summed E-state index contributed by atoms with van der Waals surface area (Å²) in [6.45, 7) is 10.1. The summed E-state index contributed by atoms with van der Waals surface area (Å²) in [5.41, 5.74) is 2.63. The molecule has 0 bridgehead atoms. The van der Waals surface area contributed by atoms with Crippen LogP contribution in [-0.4, -0.2) is 19.3 Å². The van der Waals surface area contributed by atoms with Gasteiger partial charge in [0.25, 0.3) is 0 Å². The predicted octanol–water partition coefficient (Wildman–Crippen LogP) is 3.07. The minimum absolute atomic E-state index is 0.316. The van der Waals surface area contributed by atoms with Gasteiger partial charge in [-0.05, 0) is 33.3 Å². The van der Waals surface area contributed by atoms with Gasteiger partial charge in [0, 0.05) is 12.6 Å². The molecule has 90 valence electrons. The molecule has 0 spiro atoms. The first-order chi connectivity index (χ1) is 7.59. The third-order valence-corrected chi connectivity index (χ3v) is 2.58. The van der Waals surface area contributed by atoms with E-state index in [1.54, 1.807) is 0 Å². The van der Waals surface area contributed by atoms with Gasteiger partial charge in [-0.15, -0.1) is 0 Å². The van der Waals surface area contributed by atoms with Crippen LogP contribution in [-0.2, 0) is 4.74 Å². The fourth-order valence-corrected chi connectivity index (χ4v) is 1.54. The van der Waals surface area contributed by atoms with Gasteiger partial charge in [0.05, 0.1) is 12.7 Å². The highest BCUT2D eigenvalue weighted by molar-refractivity contribution is 5.23. The van der Waals surface area contributed by atoms with E-state index in [0.717, 1.165) is 13.2 Å². The molecule has 0 heterocycles. The molecule has 1 rings (SSSR count). The largest absolute Gasteiger partial charge is 0.377 e. The molecule has 0 saturated heterocycles. The van der Waals surface area contributed by atoms with E-state index in [1.807, 2.05) is 0 Å². The second-order valence-electron chi connectivity index (χ2n) is 4.51. The molecule has 0 fully saturated rings. The van der Waals surface area contributed by atoms with Crippen LogP contribution < -0.4 is 5.32 Å². The highest BCUT2D eigenvalue weighted by Gasteiger charge is 2.03. The minimum Gasteiger partial charge on any atom is -0.377 e. The van der Waals surface area contributed by atoms with Gasteiger partial charge < -0.3 is 10.1 Å². The lowest BCUT2D eigenvalue weighted by molar-refractivity contribution is 0.0796. The molecule has 0 radical (unpaired) electrons. The number of benzene rings is 1. The van der Waals surface area contributed by atoms with Crippen LogP contribution in [0.4, 0.5) is 0 Å².